The Morgan fingerprint density at radius 1 is 1.12 bits per heavy atom. The molecule has 0 saturated carbocycles. The normalized spacial score (nSPS) is 17.3. The summed E-state index contributed by atoms with van der Waals surface area (Å²) in [7, 11) is 0. The van der Waals surface area contributed by atoms with E-state index in [1.165, 1.54) is 0 Å². The van der Waals surface area contributed by atoms with E-state index in [9.17, 15) is 9.59 Å². The van der Waals surface area contributed by atoms with Crippen LogP contribution in [0, 0.1) is 0 Å². The molecule has 3 heterocycles. The number of aromatic nitrogens is 2. The number of amides is 2. The minimum absolute atomic E-state index is 0.113. The molecule has 0 radical (unpaired) electrons. The minimum atomic E-state index is -0.558. The van der Waals surface area contributed by atoms with Crippen molar-refractivity contribution in [1.82, 2.24) is 15.3 Å². The average molecular weight is 346 g/mol. The lowest BCUT2D eigenvalue weighted by atomic mass is 10.0. The van der Waals surface area contributed by atoms with Crippen molar-refractivity contribution in [2.75, 3.05) is 11.4 Å². The zero-order valence-corrected chi connectivity index (χ0v) is 14.1. The van der Waals surface area contributed by atoms with E-state index in [1.54, 1.807) is 29.6 Å². The number of hydrogen-bond donors (Lipinski definition) is 1. The third-order valence-corrected chi connectivity index (χ3v) is 4.59. The fourth-order valence-corrected chi connectivity index (χ4v) is 3.31. The molecule has 2 amide bonds. The molecule has 0 unspecified atom stereocenters. The van der Waals surface area contributed by atoms with Crippen LogP contribution in [0.25, 0.3) is 10.8 Å². The van der Waals surface area contributed by atoms with Crippen molar-refractivity contribution in [3.05, 3.63) is 66.7 Å². The molecule has 3 aromatic rings. The summed E-state index contributed by atoms with van der Waals surface area (Å²) in [6, 6.07) is 12.5. The maximum Gasteiger partial charge on any atom is 0.271 e. The van der Waals surface area contributed by atoms with Gasteiger partial charge in [0.15, 0.2) is 0 Å². The van der Waals surface area contributed by atoms with Crippen LogP contribution >= 0.6 is 0 Å². The quantitative estimate of drug-likeness (QED) is 0.791. The monoisotopic (exact) mass is 346 g/mol. The Morgan fingerprint density at radius 2 is 2.00 bits per heavy atom. The van der Waals surface area contributed by atoms with E-state index >= 15 is 0 Å². The molecule has 0 spiro atoms. The molecule has 1 N–H and O–H groups in total. The van der Waals surface area contributed by atoms with Gasteiger partial charge in [-0.15, -0.1) is 0 Å². The van der Waals surface area contributed by atoms with E-state index in [0.717, 1.165) is 22.9 Å². The fraction of sp³-hybridized carbons (Fsp3) is 0.200. The van der Waals surface area contributed by atoms with E-state index in [-0.39, 0.29) is 11.8 Å². The van der Waals surface area contributed by atoms with Crippen LogP contribution in [0.4, 0.5) is 5.69 Å². The summed E-state index contributed by atoms with van der Waals surface area (Å²) in [5.74, 6) is -0.439. The van der Waals surface area contributed by atoms with Crippen molar-refractivity contribution < 1.29 is 9.59 Å². The summed E-state index contributed by atoms with van der Waals surface area (Å²) < 4.78 is 0. The molecular formula is C20H18N4O2. The van der Waals surface area contributed by atoms with E-state index in [0.29, 0.717) is 18.7 Å². The zero-order chi connectivity index (χ0) is 17.9. The molecule has 1 aliphatic heterocycles. The molecule has 1 fully saturated rings. The SMILES string of the molecule is O=C(N[C@@H]1CCCN(c2cccnc2)C1=O)c1nccc2ccccc12. The molecule has 26 heavy (non-hydrogen) atoms. The van der Waals surface area contributed by atoms with Gasteiger partial charge in [-0.3, -0.25) is 19.6 Å². The lowest BCUT2D eigenvalue weighted by Gasteiger charge is -2.32. The lowest BCUT2D eigenvalue weighted by Crippen LogP contribution is -2.52. The highest BCUT2D eigenvalue weighted by molar-refractivity contribution is 6.07. The number of piperidine rings is 1. The summed E-state index contributed by atoms with van der Waals surface area (Å²) in [6.45, 7) is 0.628. The molecule has 6 heteroatoms. The van der Waals surface area contributed by atoms with Gasteiger partial charge in [0.2, 0.25) is 5.91 Å². The standard InChI is InChI=1S/C20H18N4O2/c25-19(18-16-7-2-1-5-14(16)9-11-22-18)23-17-8-4-12-24(20(17)26)15-6-3-10-21-13-15/h1-3,5-7,9-11,13,17H,4,8,12H2,(H,23,25)/t17-/m1/s1. The maximum atomic E-state index is 12.8. The maximum absolute atomic E-state index is 12.8. The molecule has 1 aromatic carbocycles. The Kier molecular flexibility index (Phi) is 4.31. The summed E-state index contributed by atoms with van der Waals surface area (Å²) in [5.41, 5.74) is 1.09. The number of carbonyl (C=O) groups is 2. The van der Waals surface area contributed by atoms with Gasteiger partial charge in [0.25, 0.3) is 5.91 Å². The minimum Gasteiger partial charge on any atom is -0.339 e. The largest absolute Gasteiger partial charge is 0.339 e. The van der Waals surface area contributed by atoms with Crippen molar-refractivity contribution in [2.45, 2.75) is 18.9 Å². The Bertz CT molecular complexity index is 953. The predicted octanol–water partition coefficient (Wildman–Crippen LogP) is 2.56. The van der Waals surface area contributed by atoms with Gasteiger partial charge in [0.1, 0.15) is 11.7 Å². The first kappa shape index (κ1) is 16.2. The Morgan fingerprint density at radius 3 is 2.85 bits per heavy atom. The van der Waals surface area contributed by atoms with Crippen LogP contribution in [0.3, 0.4) is 0 Å². The first-order valence-corrected chi connectivity index (χ1v) is 8.60. The van der Waals surface area contributed by atoms with Crippen LogP contribution in [0.5, 0.6) is 0 Å². The molecule has 1 saturated heterocycles. The first-order chi connectivity index (χ1) is 12.7. The highest BCUT2D eigenvalue weighted by Gasteiger charge is 2.31. The van der Waals surface area contributed by atoms with Gasteiger partial charge < -0.3 is 10.2 Å². The van der Waals surface area contributed by atoms with E-state index in [1.807, 2.05) is 36.4 Å². The van der Waals surface area contributed by atoms with Gasteiger partial charge in [-0.05, 0) is 36.4 Å². The molecule has 0 aliphatic carbocycles. The van der Waals surface area contributed by atoms with E-state index < -0.39 is 6.04 Å². The van der Waals surface area contributed by atoms with Crippen LogP contribution in [0.2, 0.25) is 0 Å². The van der Waals surface area contributed by atoms with Gasteiger partial charge in [-0.1, -0.05) is 24.3 Å². The van der Waals surface area contributed by atoms with Crippen LogP contribution in [0.15, 0.2) is 61.1 Å². The second-order valence-electron chi connectivity index (χ2n) is 6.25. The number of nitrogens with zero attached hydrogens (tertiary/aromatic N) is 3. The summed E-state index contributed by atoms with van der Waals surface area (Å²) >= 11 is 0. The van der Waals surface area contributed by atoms with Crippen molar-refractivity contribution in [3.8, 4) is 0 Å². The second kappa shape index (κ2) is 6.92. The number of nitrogens with one attached hydrogen (secondary N) is 1. The van der Waals surface area contributed by atoms with Crippen molar-refractivity contribution >= 4 is 28.3 Å². The average Bonchev–Trinajstić information content (AvgIpc) is 2.70. The van der Waals surface area contributed by atoms with Gasteiger partial charge in [0, 0.05) is 24.3 Å². The molecule has 130 valence electrons. The molecule has 0 bridgehead atoms. The second-order valence-corrected chi connectivity index (χ2v) is 6.25. The van der Waals surface area contributed by atoms with Crippen molar-refractivity contribution in [3.63, 3.8) is 0 Å². The highest BCUT2D eigenvalue weighted by Crippen LogP contribution is 2.21. The smallest absolute Gasteiger partial charge is 0.271 e. The first-order valence-electron chi connectivity index (χ1n) is 8.60. The molecule has 2 aromatic heterocycles. The zero-order valence-electron chi connectivity index (χ0n) is 14.1. The third-order valence-electron chi connectivity index (χ3n) is 4.59. The number of benzene rings is 1. The Balaban J connectivity index is 1.56. The van der Waals surface area contributed by atoms with Gasteiger partial charge >= 0.3 is 0 Å². The molecule has 4 rings (SSSR count). The number of rotatable bonds is 3. The Hall–Kier alpha value is -3.28. The highest BCUT2D eigenvalue weighted by atomic mass is 16.2. The van der Waals surface area contributed by atoms with Gasteiger partial charge in [-0.25, -0.2) is 0 Å². The van der Waals surface area contributed by atoms with Crippen LogP contribution in [0.1, 0.15) is 23.3 Å². The molecule has 1 aliphatic rings. The fourth-order valence-electron chi connectivity index (χ4n) is 3.31. The van der Waals surface area contributed by atoms with E-state index in [2.05, 4.69) is 15.3 Å². The topological polar surface area (TPSA) is 75.2 Å². The molecule has 6 nitrogen and oxygen atoms in total. The van der Waals surface area contributed by atoms with Crippen molar-refractivity contribution in [1.29, 1.82) is 0 Å². The van der Waals surface area contributed by atoms with Crippen LogP contribution in [-0.4, -0.2) is 34.4 Å². The summed E-state index contributed by atoms with van der Waals surface area (Å²) in [5, 5.41) is 4.59. The van der Waals surface area contributed by atoms with E-state index in [4.69, 9.17) is 0 Å². The number of pyridine rings is 2. The number of anilines is 1. The van der Waals surface area contributed by atoms with Crippen LogP contribution in [-0.2, 0) is 4.79 Å². The summed E-state index contributed by atoms with van der Waals surface area (Å²) in [6.07, 6.45) is 6.38. The van der Waals surface area contributed by atoms with Gasteiger partial charge in [-0.2, -0.15) is 0 Å². The summed E-state index contributed by atoms with van der Waals surface area (Å²) in [4.78, 5) is 35.6. The predicted molar refractivity (Wildman–Crippen MR) is 98.8 cm³/mol. The Labute approximate surface area is 150 Å². The molecular weight excluding hydrogens is 328 g/mol. The van der Waals surface area contributed by atoms with Crippen molar-refractivity contribution in [2.24, 2.45) is 0 Å². The van der Waals surface area contributed by atoms with Crippen LogP contribution < -0.4 is 10.2 Å². The molecule has 1 atom stereocenters. The number of fused-ring (bicyclic) bond motifs is 1. The van der Waals surface area contributed by atoms with Gasteiger partial charge in [0.05, 0.1) is 11.9 Å². The third kappa shape index (κ3) is 3.01. The number of carbonyl (C=O) groups excluding carboxylic acids is 2. The number of hydrogen-bond acceptors (Lipinski definition) is 4. The lowest BCUT2D eigenvalue weighted by molar-refractivity contribution is -0.121.